The summed E-state index contributed by atoms with van der Waals surface area (Å²) in [5.41, 5.74) is 3.97. The fourth-order valence-electron chi connectivity index (χ4n) is 1.30. The van der Waals surface area contributed by atoms with Crippen LogP contribution in [0.2, 0.25) is 0 Å². The number of halogens is 2. The van der Waals surface area contributed by atoms with Gasteiger partial charge < -0.3 is 28.0 Å². The van der Waals surface area contributed by atoms with E-state index in [0.717, 1.165) is 0 Å². The minimum atomic E-state index is -1.01. The number of carboxylic acids is 1. The van der Waals surface area contributed by atoms with Crippen LogP contribution in [-0.2, 0) is 11.2 Å². The van der Waals surface area contributed by atoms with Crippen LogP contribution in [0.5, 0.6) is 5.75 Å². The highest BCUT2D eigenvalue weighted by atomic mass is 35.5. The van der Waals surface area contributed by atoms with Crippen molar-refractivity contribution in [3.05, 3.63) is 29.6 Å². The Hall–Kier alpha value is -1.33. The molecule has 0 aromatic heterocycles. The number of carbonyl (C=O) groups is 1. The number of methoxy groups -OCH3 is 1. The van der Waals surface area contributed by atoms with E-state index in [1.54, 1.807) is 6.07 Å². The third kappa shape index (κ3) is 3.36. The number of benzene rings is 1. The molecule has 0 bridgehead atoms. The van der Waals surface area contributed by atoms with Crippen LogP contribution < -0.4 is 22.9 Å². The summed E-state index contributed by atoms with van der Waals surface area (Å²) in [7, 11) is 1.35. The molecule has 0 aliphatic carbocycles. The molecule has 0 saturated carbocycles. The van der Waals surface area contributed by atoms with Gasteiger partial charge in [-0.05, 0) is 6.07 Å². The Morgan fingerprint density at radius 2 is 2.25 bits per heavy atom. The lowest BCUT2D eigenvalue weighted by molar-refractivity contribution is -0.407. The van der Waals surface area contributed by atoms with Crippen LogP contribution in [0.15, 0.2) is 18.2 Å². The molecule has 16 heavy (non-hydrogen) atoms. The summed E-state index contributed by atoms with van der Waals surface area (Å²) in [4.78, 5) is 10.6. The van der Waals surface area contributed by atoms with E-state index in [9.17, 15) is 9.18 Å². The molecule has 6 heteroatoms. The van der Waals surface area contributed by atoms with Crippen molar-refractivity contribution in [2.45, 2.75) is 12.5 Å². The first-order chi connectivity index (χ1) is 7.06. The van der Waals surface area contributed by atoms with E-state index < -0.39 is 17.8 Å². The number of quaternary nitrogens is 1. The maximum absolute atomic E-state index is 13.2. The van der Waals surface area contributed by atoms with Crippen LogP contribution >= 0.6 is 0 Å². The molecule has 1 rings (SSSR count). The molecule has 0 spiro atoms. The second-order valence-electron chi connectivity index (χ2n) is 3.17. The Morgan fingerprint density at radius 1 is 1.62 bits per heavy atom. The summed E-state index contributed by atoms with van der Waals surface area (Å²) in [6.07, 6.45) is 0.149. The molecule has 4 N–H and O–H groups in total. The van der Waals surface area contributed by atoms with Gasteiger partial charge in [0.1, 0.15) is 0 Å². The molecule has 1 aromatic rings. The van der Waals surface area contributed by atoms with Gasteiger partial charge in [-0.3, -0.25) is 0 Å². The van der Waals surface area contributed by atoms with E-state index in [4.69, 9.17) is 9.84 Å². The number of hydrogen-bond donors (Lipinski definition) is 2. The highest BCUT2D eigenvalue weighted by molar-refractivity contribution is 5.72. The van der Waals surface area contributed by atoms with Gasteiger partial charge in [-0.1, -0.05) is 12.1 Å². The van der Waals surface area contributed by atoms with Gasteiger partial charge in [0.2, 0.25) is 0 Å². The standard InChI is InChI=1S/C10H12FNO3.ClH/c1-15-9-6(3-2-4-7(9)11)5-8(12)10(13)14;/h2-4,8H,5,12H2,1H3,(H,13,14);1H. The Bertz CT molecular complexity index is 373. The van der Waals surface area contributed by atoms with Crippen molar-refractivity contribution >= 4 is 5.97 Å². The molecule has 0 aliphatic rings. The van der Waals surface area contributed by atoms with Gasteiger partial charge in [0.25, 0.3) is 0 Å². The zero-order chi connectivity index (χ0) is 11.4. The fourth-order valence-corrected chi connectivity index (χ4v) is 1.30. The summed E-state index contributed by atoms with van der Waals surface area (Å²) in [6.45, 7) is 0. The number of para-hydroxylation sites is 1. The first-order valence-corrected chi connectivity index (χ1v) is 4.43. The average molecular weight is 250 g/mol. The minimum Gasteiger partial charge on any atom is -1.00 e. The van der Waals surface area contributed by atoms with Gasteiger partial charge in [-0.2, -0.15) is 0 Å². The zero-order valence-corrected chi connectivity index (χ0v) is 9.50. The van der Waals surface area contributed by atoms with Crippen LogP contribution in [0.25, 0.3) is 0 Å². The summed E-state index contributed by atoms with van der Waals surface area (Å²) < 4.78 is 18.1. The molecule has 1 unspecified atom stereocenters. The number of aliphatic carboxylic acids is 1. The second-order valence-corrected chi connectivity index (χ2v) is 3.17. The van der Waals surface area contributed by atoms with E-state index in [-0.39, 0.29) is 24.6 Å². The van der Waals surface area contributed by atoms with Crippen molar-refractivity contribution in [2.75, 3.05) is 7.11 Å². The van der Waals surface area contributed by atoms with Crippen molar-refractivity contribution < 1.29 is 37.2 Å². The predicted molar refractivity (Wildman–Crippen MR) is 51.0 cm³/mol. The number of rotatable bonds is 4. The van der Waals surface area contributed by atoms with E-state index in [0.29, 0.717) is 5.56 Å². The lowest BCUT2D eigenvalue weighted by Crippen LogP contribution is -3.00. The molecular formula is C10H13ClFNO3. The van der Waals surface area contributed by atoms with Gasteiger partial charge in [0.15, 0.2) is 17.6 Å². The van der Waals surface area contributed by atoms with E-state index in [1.807, 2.05) is 0 Å². The molecule has 1 aromatic carbocycles. The second kappa shape index (κ2) is 6.30. The summed E-state index contributed by atoms with van der Waals surface area (Å²) in [6, 6.07) is 3.60. The molecule has 0 heterocycles. The lowest BCUT2D eigenvalue weighted by Gasteiger charge is -2.09. The van der Waals surface area contributed by atoms with E-state index in [2.05, 4.69) is 5.73 Å². The largest absolute Gasteiger partial charge is 1.00 e. The number of carboxylic acid groups (broad SMARTS) is 1. The average Bonchev–Trinajstić information content (AvgIpc) is 2.18. The molecule has 90 valence electrons. The SMILES string of the molecule is COc1c(F)cccc1CC([NH3+])C(=O)O.[Cl-]. The molecule has 0 aliphatic heterocycles. The molecule has 4 nitrogen and oxygen atoms in total. The van der Waals surface area contributed by atoms with Gasteiger partial charge in [-0.25, -0.2) is 9.18 Å². The highest BCUT2D eigenvalue weighted by Crippen LogP contribution is 2.22. The Balaban J connectivity index is 0.00000225. The van der Waals surface area contributed by atoms with Crippen molar-refractivity contribution in [3.8, 4) is 5.75 Å². The van der Waals surface area contributed by atoms with Crippen LogP contribution in [0.1, 0.15) is 5.56 Å². The maximum atomic E-state index is 13.2. The van der Waals surface area contributed by atoms with Crippen molar-refractivity contribution in [1.29, 1.82) is 0 Å². The van der Waals surface area contributed by atoms with Crippen LogP contribution in [0.4, 0.5) is 4.39 Å². The van der Waals surface area contributed by atoms with E-state index >= 15 is 0 Å². The first-order valence-electron chi connectivity index (χ1n) is 4.43. The molecule has 0 radical (unpaired) electrons. The Morgan fingerprint density at radius 3 is 2.75 bits per heavy atom. The van der Waals surface area contributed by atoms with Gasteiger partial charge in [-0.15, -0.1) is 0 Å². The topological polar surface area (TPSA) is 74.2 Å². The third-order valence-corrected chi connectivity index (χ3v) is 2.07. The van der Waals surface area contributed by atoms with Gasteiger partial charge in [0.05, 0.1) is 7.11 Å². The monoisotopic (exact) mass is 249 g/mol. The summed E-state index contributed by atoms with van der Waals surface area (Å²) in [5, 5.41) is 8.68. The highest BCUT2D eigenvalue weighted by Gasteiger charge is 2.19. The third-order valence-electron chi connectivity index (χ3n) is 2.07. The number of hydrogen-bond acceptors (Lipinski definition) is 2. The van der Waals surface area contributed by atoms with Gasteiger partial charge >= 0.3 is 5.97 Å². The normalized spacial score (nSPS) is 11.4. The van der Waals surface area contributed by atoms with Crippen LogP contribution in [0.3, 0.4) is 0 Å². The molecular weight excluding hydrogens is 237 g/mol. The smallest absolute Gasteiger partial charge is 0.362 e. The first kappa shape index (κ1) is 14.7. The summed E-state index contributed by atoms with van der Waals surface area (Å²) in [5.74, 6) is -1.42. The molecule has 0 amide bonds. The van der Waals surface area contributed by atoms with Crippen molar-refractivity contribution in [3.63, 3.8) is 0 Å². The molecule has 1 atom stereocenters. The van der Waals surface area contributed by atoms with Crippen LogP contribution in [-0.4, -0.2) is 24.2 Å². The Kier molecular flexibility index (Phi) is 5.77. The molecule has 0 saturated heterocycles. The minimum absolute atomic E-state index is 0. The number of ether oxygens (including phenoxy) is 1. The van der Waals surface area contributed by atoms with E-state index in [1.165, 1.54) is 19.2 Å². The van der Waals surface area contributed by atoms with Crippen LogP contribution in [0, 0.1) is 5.82 Å². The van der Waals surface area contributed by atoms with Crippen molar-refractivity contribution in [2.24, 2.45) is 0 Å². The summed E-state index contributed by atoms with van der Waals surface area (Å²) >= 11 is 0. The fraction of sp³-hybridized carbons (Fsp3) is 0.300. The lowest BCUT2D eigenvalue weighted by atomic mass is 10.1. The zero-order valence-electron chi connectivity index (χ0n) is 8.74. The van der Waals surface area contributed by atoms with Gasteiger partial charge in [0, 0.05) is 12.0 Å². The Labute approximate surface area is 98.6 Å². The molecule has 0 fully saturated rings. The maximum Gasteiger partial charge on any atom is 0.362 e. The predicted octanol–water partition coefficient (Wildman–Crippen LogP) is -2.92. The quantitative estimate of drug-likeness (QED) is 0.600. The van der Waals surface area contributed by atoms with Crippen molar-refractivity contribution in [1.82, 2.24) is 0 Å².